The van der Waals surface area contributed by atoms with Gasteiger partial charge in [-0.2, -0.15) is 0 Å². The van der Waals surface area contributed by atoms with Gasteiger partial charge in [-0.25, -0.2) is 0 Å². The SMILES string of the molecule is CCC(C)NC(=O)c1c(C)oc(-c2ccccc2)c1CC(=O)c1ccccc1. The van der Waals surface area contributed by atoms with Crippen LogP contribution in [0, 0.1) is 6.92 Å². The van der Waals surface area contributed by atoms with E-state index in [2.05, 4.69) is 5.32 Å². The summed E-state index contributed by atoms with van der Waals surface area (Å²) >= 11 is 0. The number of carbonyl (C=O) groups excluding carboxylic acids is 2. The number of nitrogens with one attached hydrogen (secondary N) is 1. The monoisotopic (exact) mass is 375 g/mol. The molecule has 28 heavy (non-hydrogen) atoms. The Morgan fingerprint density at radius 1 is 1.00 bits per heavy atom. The lowest BCUT2D eigenvalue weighted by atomic mass is 9.96. The molecule has 0 saturated carbocycles. The Balaban J connectivity index is 2.05. The van der Waals surface area contributed by atoms with E-state index in [4.69, 9.17) is 4.42 Å². The lowest BCUT2D eigenvalue weighted by Gasteiger charge is -2.12. The van der Waals surface area contributed by atoms with Crippen molar-refractivity contribution in [3.63, 3.8) is 0 Å². The highest BCUT2D eigenvalue weighted by molar-refractivity contribution is 6.03. The molecule has 1 atom stereocenters. The van der Waals surface area contributed by atoms with Gasteiger partial charge in [-0.05, 0) is 20.3 Å². The minimum atomic E-state index is -0.200. The van der Waals surface area contributed by atoms with Crippen molar-refractivity contribution in [1.29, 1.82) is 0 Å². The minimum absolute atomic E-state index is 0.0413. The normalized spacial score (nSPS) is 11.8. The summed E-state index contributed by atoms with van der Waals surface area (Å²) in [6.07, 6.45) is 0.932. The molecule has 0 radical (unpaired) electrons. The van der Waals surface area contributed by atoms with Crippen LogP contribution in [-0.2, 0) is 6.42 Å². The average molecular weight is 375 g/mol. The van der Waals surface area contributed by atoms with E-state index >= 15 is 0 Å². The van der Waals surface area contributed by atoms with Gasteiger partial charge in [-0.3, -0.25) is 9.59 Å². The molecule has 2 aromatic carbocycles. The number of aryl methyl sites for hydroxylation is 1. The van der Waals surface area contributed by atoms with E-state index in [9.17, 15) is 9.59 Å². The molecule has 0 saturated heterocycles. The van der Waals surface area contributed by atoms with E-state index in [0.29, 0.717) is 28.2 Å². The van der Waals surface area contributed by atoms with Crippen molar-refractivity contribution in [2.45, 2.75) is 39.7 Å². The molecule has 0 bridgehead atoms. The molecule has 0 aliphatic rings. The van der Waals surface area contributed by atoms with Crippen molar-refractivity contribution < 1.29 is 14.0 Å². The maximum Gasteiger partial charge on any atom is 0.255 e. The number of benzene rings is 2. The van der Waals surface area contributed by atoms with Crippen LogP contribution in [-0.4, -0.2) is 17.7 Å². The first-order valence-corrected chi connectivity index (χ1v) is 9.58. The predicted octanol–water partition coefficient (Wildman–Crippen LogP) is 5.21. The highest BCUT2D eigenvalue weighted by Gasteiger charge is 2.26. The fourth-order valence-corrected chi connectivity index (χ4v) is 3.16. The summed E-state index contributed by atoms with van der Waals surface area (Å²) in [7, 11) is 0. The standard InChI is InChI=1S/C24H25NO3/c1-4-16(2)25-24(27)22-17(3)28-23(19-13-9-6-10-14-19)20(22)15-21(26)18-11-7-5-8-12-18/h5-14,16H,4,15H2,1-3H3,(H,25,27). The van der Waals surface area contributed by atoms with Gasteiger partial charge < -0.3 is 9.73 Å². The van der Waals surface area contributed by atoms with Crippen molar-refractivity contribution in [1.82, 2.24) is 5.32 Å². The smallest absolute Gasteiger partial charge is 0.255 e. The van der Waals surface area contributed by atoms with Crippen LogP contribution in [0.4, 0.5) is 0 Å². The highest BCUT2D eigenvalue weighted by atomic mass is 16.3. The fourth-order valence-electron chi connectivity index (χ4n) is 3.16. The van der Waals surface area contributed by atoms with Gasteiger partial charge in [0.25, 0.3) is 5.91 Å². The number of carbonyl (C=O) groups is 2. The number of amides is 1. The first-order chi connectivity index (χ1) is 13.5. The number of rotatable bonds is 7. The number of Topliss-reactive ketones (excluding diaryl/α,β-unsaturated/α-hetero) is 1. The first-order valence-electron chi connectivity index (χ1n) is 9.58. The maximum absolute atomic E-state index is 12.9. The minimum Gasteiger partial charge on any atom is -0.460 e. The Labute approximate surface area is 165 Å². The summed E-state index contributed by atoms with van der Waals surface area (Å²) in [5.74, 6) is 0.858. The van der Waals surface area contributed by atoms with Crippen LogP contribution >= 0.6 is 0 Å². The Bertz CT molecular complexity index is 958. The van der Waals surface area contributed by atoms with Crippen LogP contribution in [0.25, 0.3) is 11.3 Å². The van der Waals surface area contributed by atoms with Crippen molar-refractivity contribution in [3.05, 3.63) is 83.1 Å². The topological polar surface area (TPSA) is 59.3 Å². The molecule has 1 N–H and O–H groups in total. The Morgan fingerprint density at radius 2 is 1.61 bits per heavy atom. The molecular formula is C24H25NO3. The highest BCUT2D eigenvalue weighted by Crippen LogP contribution is 2.32. The summed E-state index contributed by atoms with van der Waals surface area (Å²) in [5.41, 5.74) is 2.57. The van der Waals surface area contributed by atoms with Crippen LogP contribution < -0.4 is 5.32 Å². The van der Waals surface area contributed by atoms with E-state index in [1.165, 1.54) is 0 Å². The number of hydrogen-bond donors (Lipinski definition) is 1. The molecule has 0 aliphatic heterocycles. The molecule has 3 aromatic rings. The summed E-state index contributed by atoms with van der Waals surface area (Å²) in [5, 5.41) is 2.99. The fraction of sp³-hybridized carbons (Fsp3) is 0.250. The lowest BCUT2D eigenvalue weighted by molar-refractivity contribution is 0.0937. The summed E-state index contributed by atoms with van der Waals surface area (Å²) < 4.78 is 5.99. The van der Waals surface area contributed by atoms with Gasteiger partial charge in [-0.1, -0.05) is 67.6 Å². The van der Waals surface area contributed by atoms with E-state index in [0.717, 1.165) is 12.0 Å². The zero-order chi connectivity index (χ0) is 20.1. The quantitative estimate of drug-likeness (QED) is 0.577. The van der Waals surface area contributed by atoms with Crippen LogP contribution in [0.15, 0.2) is 65.1 Å². The van der Waals surface area contributed by atoms with Gasteiger partial charge in [0, 0.05) is 29.2 Å². The van der Waals surface area contributed by atoms with Crippen LogP contribution in [0.5, 0.6) is 0 Å². The van der Waals surface area contributed by atoms with Crippen molar-refractivity contribution in [2.24, 2.45) is 0 Å². The van der Waals surface area contributed by atoms with E-state index < -0.39 is 0 Å². The number of ketones is 1. The summed E-state index contributed by atoms with van der Waals surface area (Å²) in [6, 6.07) is 18.8. The molecule has 4 heteroatoms. The van der Waals surface area contributed by atoms with Gasteiger partial charge >= 0.3 is 0 Å². The molecule has 1 unspecified atom stereocenters. The van der Waals surface area contributed by atoms with Gasteiger partial charge in [-0.15, -0.1) is 0 Å². The second-order valence-electron chi connectivity index (χ2n) is 6.96. The average Bonchev–Trinajstić information content (AvgIpc) is 3.05. The summed E-state index contributed by atoms with van der Waals surface area (Å²) in [6.45, 7) is 5.75. The van der Waals surface area contributed by atoms with Gasteiger partial charge in [0.05, 0.1) is 5.56 Å². The second-order valence-corrected chi connectivity index (χ2v) is 6.96. The van der Waals surface area contributed by atoms with Crippen molar-refractivity contribution in [3.8, 4) is 11.3 Å². The van der Waals surface area contributed by atoms with E-state index in [-0.39, 0.29) is 24.2 Å². The Morgan fingerprint density at radius 3 is 2.21 bits per heavy atom. The van der Waals surface area contributed by atoms with Gasteiger partial charge in [0.2, 0.25) is 0 Å². The zero-order valence-electron chi connectivity index (χ0n) is 16.5. The number of furan rings is 1. The van der Waals surface area contributed by atoms with Crippen LogP contribution in [0.2, 0.25) is 0 Å². The van der Waals surface area contributed by atoms with Crippen LogP contribution in [0.1, 0.15) is 52.3 Å². The van der Waals surface area contributed by atoms with E-state index in [1.54, 1.807) is 19.1 Å². The molecule has 0 spiro atoms. The molecule has 144 valence electrons. The molecule has 0 fully saturated rings. The molecule has 1 heterocycles. The molecule has 1 amide bonds. The molecule has 4 nitrogen and oxygen atoms in total. The maximum atomic E-state index is 12.9. The largest absolute Gasteiger partial charge is 0.460 e. The van der Waals surface area contributed by atoms with Crippen molar-refractivity contribution >= 4 is 11.7 Å². The molecule has 1 aromatic heterocycles. The molecule has 0 aliphatic carbocycles. The third-order valence-corrected chi connectivity index (χ3v) is 4.87. The molecule has 3 rings (SSSR count). The first kappa shape index (κ1) is 19.6. The Hall–Kier alpha value is -3.14. The van der Waals surface area contributed by atoms with E-state index in [1.807, 2.05) is 62.4 Å². The van der Waals surface area contributed by atoms with Gasteiger partial charge in [0.1, 0.15) is 11.5 Å². The number of hydrogen-bond acceptors (Lipinski definition) is 3. The van der Waals surface area contributed by atoms with Crippen LogP contribution in [0.3, 0.4) is 0 Å². The lowest BCUT2D eigenvalue weighted by Crippen LogP contribution is -2.32. The second kappa shape index (κ2) is 8.70. The van der Waals surface area contributed by atoms with Crippen molar-refractivity contribution in [2.75, 3.05) is 0 Å². The molecular weight excluding hydrogens is 350 g/mol. The summed E-state index contributed by atoms with van der Waals surface area (Å²) in [4.78, 5) is 25.8. The third-order valence-electron chi connectivity index (χ3n) is 4.87. The zero-order valence-corrected chi connectivity index (χ0v) is 16.5. The Kier molecular flexibility index (Phi) is 6.09. The van der Waals surface area contributed by atoms with Gasteiger partial charge in [0.15, 0.2) is 5.78 Å². The third kappa shape index (κ3) is 4.22. The predicted molar refractivity (Wildman–Crippen MR) is 111 cm³/mol.